The molecule has 1 saturated heterocycles. The fourth-order valence-corrected chi connectivity index (χ4v) is 5.85. The van der Waals surface area contributed by atoms with Crippen LogP contribution in [0.1, 0.15) is 50.8 Å². The van der Waals surface area contributed by atoms with Crippen molar-refractivity contribution in [3.63, 3.8) is 0 Å². The van der Waals surface area contributed by atoms with Gasteiger partial charge in [0.05, 0.1) is 31.5 Å². The molecule has 55 heavy (non-hydrogen) atoms. The van der Waals surface area contributed by atoms with Crippen molar-refractivity contribution in [1.29, 1.82) is 0 Å². The first-order valence-electron chi connectivity index (χ1n) is 18.1. The van der Waals surface area contributed by atoms with Gasteiger partial charge in [0.2, 0.25) is 47.3 Å². The zero-order chi connectivity index (χ0) is 39.7. The molecule has 1 fully saturated rings. The molecule has 3 aromatic rings. The molecule has 2 heterocycles. The number of aromatic nitrogens is 2. The minimum Gasteiger partial charge on any atom is -0.356 e. The summed E-state index contributed by atoms with van der Waals surface area (Å²) in [4.78, 5) is 111. The van der Waals surface area contributed by atoms with E-state index in [1.54, 1.807) is 6.07 Å². The van der Waals surface area contributed by atoms with Crippen LogP contribution in [0, 0.1) is 0 Å². The Bertz CT molecular complexity index is 1840. The number of fused-ring (bicyclic) bond motifs is 1. The molecule has 1 aromatic heterocycles. The summed E-state index contributed by atoms with van der Waals surface area (Å²) in [6.45, 7) is 2.34. The first-order valence-corrected chi connectivity index (χ1v) is 18.1. The molecular weight excluding hydrogens is 712 g/mol. The summed E-state index contributed by atoms with van der Waals surface area (Å²) in [6, 6.07) is 8.04. The molecule has 0 radical (unpaired) electrons. The standard InChI is InChI=1S/C37H48N10O8/c1-22-34(52)40-14-7-3-6-13-39-31(49)17-30(45-33(51)19-41-23(2)48)37(55)47-29(16-26-18-38-21-43-26)36(54)46-28(35(53)42-20-32(50)44-22)15-25-11-8-10-24-9-4-5-12-27(24)25/h4-5,8-12,18,21-22,28-30H,3,6-7,13-17,19-20H2,1-2H3,(H,38,43)(H,39,49)(H,40,52)(H,41,48)(H,42,53)(H,44,50)(H,45,51)(H,46,54)(H,47,55)/t22-,28+,29-,30-/m0/s1. The average molecular weight is 761 g/mol. The first kappa shape index (κ1) is 41.4. The zero-order valence-electron chi connectivity index (χ0n) is 30.8. The minimum absolute atomic E-state index is 0.00950. The molecule has 0 spiro atoms. The van der Waals surface area contributed by atoms with Gasteiger partial charge in [0, 0.05) is 39.1 Å². The zero-order valence-corrected chi connectivity index (χ0v) is 30.8. The third kappa shape index (κ3) is 13.5. The van der Waals surface area contributed by atoms with E-state index < -0.39 is 90.9 Å². The maximum absolute atomic E-state index is 14.1. The predicted octanol–water partition coefficient (Wildman–Crippen LogP) is -1.63. The smallest absolute Gasteiger partial charge is 0.243 e. The van der Waals surface area contributed by atoms with Crippen molar-refractivity contribution < 1.29 is 38.4 Å². The average Bonchev–Trinajstić information content (AvgIpc) is 3.67. The number of carbonyl (C=O) groups excluding carboxylic acids is 8. The number of hydrogen-bond donors (Lipinski definition) is 9. The van der Waals surface area contributed by atoms with Crippen LogP contribution in [-0.4, -0.2) is 108 Å². The van der Waals surface area contributed by atoms with Gasteiger partial charge >= 0.3 is 0 Å². The number of carbonyl (C=O) groups is 8. The van der Waals surface area contributed by atoms with Crippen LogP contribution in [0.2, 0.25) is 0 Å². The summed E-state index contributed by atoms with van der Waals surface area (Å²) in [6.07, 6.45) is 4.02. The van der Waals surface area contributed by atoms with Crippen LogP contribution in [-0.2, 0) is 51.2 Å². The molecule has 294 valence electrons. The Hall–Kier alpha value is -6.33. The van der Waals surface area contributed by atoms with Gasteiger partial charge in [-0.1, -0.05) is 42.5 Å². The van der Waals surface area contributed by atoms with Crippen molar-refractivity contribution in [2.24, 2.45) is 0 Å². The van der Waals surface area contributed by atoms with Crippen molar-refractivity contribution in [2.75, 3.05) is 26.2 Å². The van der Waals surface area contributed by atoms with Crippen LogP contribution in [0.15, 0.2) is 55.0 Å². The predicted molar refractivity (Wildman–Crippen MR) is 200 cm³/mol. The van der Waals surface area contributed by atoms with Crippen molar-refractivity contribution in [1.82, 2.24) is 52.5 Å². The quantitative estimate of drug-likeness (QED) is 0.134. The first-order chi connectivity index (χ1) is 26.4. The third-order valence-electron chi connectivity index (χ3n) is 8.75. The topological polar surface area (TPSA) is 261 Å². The number of benzene rings is 2. The van der Waals surface area contributed by atoms with Gasteiger partial charge in [0.25, 0.3) is 0 Å². The fraction of sp³-hybridized carbons (Fsp3) is 0.432. The molecule has 2 aromatic carbocycles. The lowest BCUT2D eigenvalue weighted by Crippen LogP contribution is -2.59. The van der Waals surface area contributed by atoms with Gasteiger partial charge in [-0.25, -0.2) is 4.98 Å². The molecule has 18 heteroatoms. The molecule has 4 atom stereocenters. The van der Waals surface area contributed by atoms with Crippen LogP contribution in [0.25, 0.3) is 10.8 Å². The largest absolute Gasteiger partial charge is 0.356 e. The van der Waals surface area contributed by atoms with E-state index in [4.69, 9.17) is 0 Å². The lowest BCUT2D eigenvalue weighted by atomic mass is 9.98. The number of H-pyrrole nitrogens is 1. The normalized spacial score (nSPS) is 21.5. The summed E-state index contributed by atoms with van der Waals surface area (Å²) < 4.78 is 0. The summed E-state index contributed by atoms with van der Waals surface area (Å²) in [5, 5.41) is 22.4. The van der Waals surface area contributed by atoms with E-state index in [0.29, 0.717) is 37.1 Å². The van der Waals surface area contributed by atoms with Crippen LogP contribution in [0.3, 0.4) is 0 Å². The summed E-state index contributed by atoms with van der Waals surface area (Å²) in [5.41, 5.74) is 1.10. The highest BCUT2D eigenvalue weighted by molar-refractivity contribution is 5.98. The van der Waals surface area contributed by atoms with Gasteiger partial charge in [-0.3, -0.25) is 38.4 Å². The lowest BCUT2D eigenvalue weighted by Gasteiger charge is -2.25. The Labute approximate surface area is 317 Å². The van der Waals surface area contributed by atoms with E-state index in [0.717, 1.165) is 10.8 Å². The molecule has 1 aliphatic heterocycles. The number of nitrogens with zero attached hydrogens (tertiary/aromatic N) is 1. The summed E-state index contributed by atoms with van der Waals surface area (Å²) >= 11 is 0. The lowest BCUT2D eigenvalue weighted by molar-refractivity contribution is -0.135. The van der Waals surface area contributed by atoms with E-state index >= 15 is 0 Å². The van der Waals surface area contributed by atoms with Gasteiger partial charge in [-0.2, -0.15) is 0 Å². The monoisotopic (exact) mass is 760 g/mol. The Balaban J connectivity index is 1.65. The van der Waals surface area contributed by atoms with Crippen LogP contribution >= 0.6 is 0 Å². The summed E-state index contributed by atoms with van der Waals surface area (Å²) in [5.74, 6) is -5.22. The maximum Gasteiger partial charge on any atom is 0.243 e. The number of imidazole rings is 1. The van der Waals surface area contributed by atoms with Gasteiger partial charge in [0.1, 0.15) is 24.2 Å². The molecule has 4 rings (SSSR count). The Morgan fingerprint density at radius 3 is 2.22 bits per heavy atom. The maximum atomic E-state index is 14.1. The van der Waals surface area contributed by atoms with E-state index in [-0.39, 0.29) is 19.4 Å². The Kier molecular flexibility index (Phi) is 15.7. The molecule has 0 bridgehead atoms. The third-order valence-corrected chi connectivity index (χ3v) is 8.75. The number of amides is 8. The molecule has 8 amide bonds. The van der Waals surface area contributed by atoms with E-state index in [1.807, 2.05) is 36.4 Å². The van der Waals surface area contributed by atoms with E-state index in [9.17, 15) is 38.4 Å². The Morgan fingerprint density at radius 1 is 0.764 bits per heavy atom. The van der Waals surface area contributed by atoms with Crippen molar-refractivity contribution >= 4 is 58.0 Å². The van der Waals surface area contributed by atoms with Crippen molar-refractivity contribution in [3.05, 3.63) is 66.2 Å². The van der Waals surface area contributed by atoms with E-state index in [2.05, 4.69) is 52.5 Å². The van der Waals surface area contributed by atoms with Gasteiger partial charge < -0.3 is 47.5 Å². The second-order valence-electron chi connectivity index (χ2n) is 13.2. The highest BCUT2D eigenvalue weighted by Gasteiger charge is 2.32. The SMILES string of the molecule is CC(=O)NCC(=O)N[C@H]1CC(=O)NCCCCCNC(=O)[C@H](C)NC(=O)CNC(=O)[C@@H](Cc2cccc3ccccc23)NC(=O)[C@H](Cc2c[nH]cn2)NC1=O. The molecule has 9 N–H and O–H groups in total. The molecule has 0 aliphatic carbocycles. The highest BCUT2D eigenvalue weighted by atomic mass is 16.2. The van der Waals surface area contributed by atoms with Gasteiger partial charge in [-0.05, 0) is 42.5 Å². The van der Waals surface area contributed by atoms with Crippen LogP contribution in [0.5, 0.6) is 0 Å². The van der Waals surface area contributed by atoms with Gasteiger partial charge in [-0.15, -0.1) is 0 Å². The highest BCUT2D eigenvalue weighted by Crippen LogP contribution is 2.20. The van der Waals surface area contributed by atoms with Crippen LogP contribution < -0.4 is 42.5 Å². The molecule has 0 saturated carbocycles. The Morgan fingerprint density at radius 2 is 1.47 bits per heavy atom. The van der Waals surface area contributed by atoms with Gasteiger partial charge in [0.15, 0.2) is 0 Å². The molecular formula is C37H48N10O8. The number of nitrogens with one attached hydrogen (secondary N) is 9. The van der Waals surface area contributed by atoms with Crippen molar-refractivity contribution in [3.8, 4) is 0 Å². The van der Waals surface area contributed by atoms with Crippen LogP contribution in [0.4, 0.5) is 0 Å². The molecule has 0 unspecified atom stereocenters. The fourth-order valence-electron chi connectivity index (χ4n) is 5.85. The van der Waals surface area contributed by atoms with Crippen molar-refractivity contribution in [2.45, 2.75) is 76.5 Å². The molecule has 18 nitrogen and oxygen atoms in total. The van der Waals surface area contributed by atoms with E-state index in [1.165, 1.54) is 26.4 Å². The number of hydrogen-bond acceptors (Lipinski definition) is 9. The second-order valence-corrected chi connectivity index (χ2v) is 13.2. The number of aromatic amines is 1. The minimum atomic E-state index is -1.46. The summed E-state index contributed by atoms with van der Waals surface area (Å²) in [7, 11) is 0. The second kappa shape index (κ2) is 20.8. The number of rotatable bonds is 7. The molecule has 1 aliphatic rings.